The third-order valence-electron chi connectivity index (χ3n) is 13.8. The quantitative estimate of drug-likeness (QED) is 0.154. The van der Waals surface area contributed by atoms with Crippen molar-refractivity contribution >= 4 is 50.5 Å². The maximum absolute atomic E-state index is 9.75. The van der Waals surface area contributed by atoms with Gasteiger partial charge in [-0.3, -0.25) is 5.41 Å². The molecule has 73 heavy (non-hydrogen) atoms. The first kappa shape index (κ1) is 45.9. The minimum absolute atomic E-state index is 0.139. The summed E-state index contributed by atoms with van der Waals surface area (Å²) in [6.07, 6.45) is 10.0. The van der Waals surface area contributed by atoms with Gasteiger partial charge in [0.1, 0.15) is 17.3 Å². The number of hydrogen-bond acceptors (Lipinski definition) is 4. The third-order valence-corrected chi connectivity index (χ3v) is 13.8. The Balaban J connectivity index is 1.28. The Bertz CT molecular complexity index is 3790. The Morgan fingerprint density at radius 1 is 0.521 bits per heavy atom. The number of aliphatic imine (C=N–C) groups is 1. The molecule has 1 aliphatic heterocycles. The van der Waals surface area contributed by atoms with E-state index in [-0.39, 0.29) is 5.84 Å². The number of nitrogens with zero attached hydrogens (tertiary/aromatic N) is 4. The van der Waals surface area contributed by atoms with E-state index in [4.69, 9.17) is 9.73 Å². The van der Waals surface area contributed by atoms with E-state index in [1.807, 2.05) is 98.1 Å². The molecule has 0 saturated heterocycles. The first-order chi connectivity index (χ1) is 35.8. The molecule has 0 spiro atoms. The number of ether oxygens (including phenoxy) is 1. The summed E-state index contributed by atoms with van der Waals surface area (Å²) in [5.74, 6) is 2.25. The summed E-state index contributed by atoms with van der Waals surface area (Å²) in [6, 6.07) is 77.8. The zero-order valence-electron chi connectivity index (χ0n) is 40.9. The van der Waals surface area contributed by atoms with Crippen LogP contribution in [0.3, 0.4) is 0 Å². The molecule has 1 aliphatic rings. The fourth-order valence-corrected chi connectivity index (χ4v) is 10.4. The van der Waals surface area contributed by atoms with Crippen LogP contribution in [0.1, 0.15) is 23.6 Å². The van der Waals surface area contributed by atoms with Crippen LogP contribution in [0.2, 0.25) is 0 Å². The van der Waals surface area contributed by atoms with Crippen molar-refractivity contribution in [3.63, 3.8) is 0 Å². The van der Waals surface area contributed by atoms with Gasteiger partial charge in [0, 0.05) is 57.4 Å². The maximum Gasteiger partial charge on any atom is 0.154 e. The zero-order chi connectivity index (χ0) is 49.9. The van der Waals surface area contributed by atoms with E-state index in [2.05, 4.69) is 198 Å². The lowest BCUT2D eigenvalue weighted by Crippen LogP contribution is -2.38. The highest BCUT2D eigenvalue weighted by atomic mass is 16.5. The summed E-state index contributed by atoms with van der Waals surface area (Å²) < 4.78 is 8.76. The number of aromatic nitrogens is 1. The molecule has 6 nitrogen and oxygen atoms in total. The summed E-state index contributed by atoms with van der Waals surface area (Å²) in [5, 5.41) is 11.9. The van der Waals surface area contributed by atoms with Crippen molar-refractivity contribution in [2.75, 3.05) is 11.9 Å². The van der Waals surface area contributed by atoms with Crippen molar-refractivity contribution < 1.29 is 4.74 Å². The minimum atomic E-state index is -0.903. The molecule has 0 aliphatic carbocycles. The molecule has 1 aromatic heterocycles. The van der Waals surface area contributed by atoms with Gasteiger partial charge < -0.3 is 19.1 Å². The summed E-state index contributed by atoms with van der Waals surface area (Å²) in [5.41, 5.74) is 12.7. The van der Waals surface area contributed by atoms with E-state index in [9.17, 15) is 5.41 Å². The van der Waals surface area contributed by atoms with Gasteiger partial charge in [-0.25, -0.2) is 4.99 Å². The highest BCUT2D eigenvalue weighted by Crippen LogP contribution is 2.49. The Morgan fingerprint density at radius 2 is 1.11 bits per heavy atom. The molecule has 6 bridgehead atoms. The van der Waals surface area contributed by atoms with E-state index >= 15 is 0 Å². The third kappa shape index (κ3) is 8.66. The fraction of sp³-hybridized carbons (Fsp3) is 0.0448. The number of benzene rings is 9. The molecule has 1 atom stereocenters. The molecule has 0 radical (unpaired) electrons. The number of allylic oxidation sites excluding steroid dienone is 5. The van der Waals surface area contributed by atoms with Crippen LogP contribution in [0, 0.1) is 5.41 Å². The van der Waals surface area contributed by atoms with Gasteiger partial charge in [-0.05, 0) is 126 Å². The van der Waals surface area contributed by atoms with Gasteiger partial charge in [0.25, 0.3) is 0 Å². The fourth-order valence-electron chi connectivity index (χ4n) is 10.4. The van der Waals surface area contributed by atoms with Gasteiger partial charge in [-0.15, -0.1) is 0 Å². The molecule has 9 aromatic carbocycles. The molecular formula is C67H53N5O. The number of amidine groups is 2. The zero-order valence-corrected chi connectivity index (χ0v) is 40.9. The summed E-state index contributed by atoms with van der Waals surface area (Å²) in [7, 11) is 2.05. The average Bonchev–Trinajstić information content (AvgIpc) is 3.78. The van der Waals surface area contributed by atoms with E-state index in [1.165, 1.54) is 0 Å². The number of rotatable bonds is 8. The van der Waals surface area contributed by atoms with Crippen molar-refractivity contribution in [3.05, 3.63) is 290 Å². The summed E-state index contributed by atoms with van der Waals surface area (Å²) >= 11 is 0. The lowest BCUT2D eigenvalue weighted by molar-refractivity contribution is 0.483. The van der Waals surface area contributed by atoms with Crippen LogP contribution in [0.15, 0.2) is 279 Å². The van der Waals surface area contributed by atoms with Gasteiger partial charge in [-0.2, -0.15) is 0 Å². The monoisotopic (exact) mass is 943 g/mol. The SMILES string of the molecule is C=C/C=C\C1(C)/C(=C\C=C)N(C)C(c2ccccc2)=NC(=N)c2cccc(c2)-c2ccccc2-c2cccc(c2)N(c2ccc(Oc3ccccc3)cc2)c2cc1c1c3ccccc3n(-c3ccccc3)c1c2. The van der Waals surface area contributed by atoms with Crippen LogP contribution in [0.4, 0.5) is 17.1 Å². The van der Waals surface area contributed by atoms with Crippen molar-refractivity contribution in [1.82, 2.24) is 9.47 Å². The minimum Gasteiger partial charge on any atom is -0.457 e. The Morgan fingerprint density at radius 3 is 1.82 bits per heavy atom. The van der Waals surface area contributed by atoms with E-state index in [0.29, 0.717) is 11.4 Å². The van der Waals surface area contributed by atoms with Crippen molar-refractivity contribution in [3.8, 4) is 39.4 Å². The van der Waals surface area contributed by atoms with Crippen LogP contribution in [0.25, 0.3) is 49.7 Å². The number of anilines is 3. The van der Waals surface area contributed by atoms with E-state index in [1.54, 1.807) is 0 Å². The first-order valence-electron chi connectivity index (χ1n) is 24.5. The van der Waals surface area contributed by atoms with Crippen LogP contribution < -0.4 is 9.64 Å². The average molecular weight is 944 g/mol. The molecule has 1 unspecified atom stereocenters. The van der Waals surface area contributed by atoms with E-state index in [0.717, 1.165) is 95.1 Å². The second kappa shape index (κ2) is 19.7. The molecule has 0 amide bonds. The molecule has 352 valence electrons. The standard InChI is InChI=1S/C67H53N5O/c1-5-7-42-67(3)60-45-54(46-62-64(60)59-36-19-20-37-61(59)72(62)51-29-13-9-14-30-51)71(52-38-40-56(41-39-52)73-55-32-15-10-16-33-55)53-31-22-27-49(44-53)58-35-18-17-34-57(58)48-26-21-28-50(43-48)65(68)69-66(47-24-11-8-12-25-47)70(4)63(67)23-6-2/h5-46,68H,1-2H2,3-4H3/b42-7-,63-23+,68-65?,69-66?. The number of fused-ring (bicyclic) bond motifs is 13. The molecule has 0 fully saturated rings. The van der Waals surface area contributed by atoms with Crippen LogP contribution in [-0.2, 0) is 5.41 Å². The largest absolute Gasteiger partial charge is 0.457 e. The second-order valence-corrected chi connectivity index (χ2v) is 18.3. The van der Waals surface area contributed by atoms with Crippen LogP contribution >= 0.6 is 0 Å². The van der Waals surface area contributed by atoms with Gasteiger partial charge in [0.2, 0.25) is 0 Å². The topological polar surface area (TPSA) is 56.9 Å². The van der Waals surface area contributed by atoms with Crippen molar-refractivity contribution in [2.24, 2.45) is 4.99 Å². The normalized spacial score (nSPS) is 15.5. The van der Waals surface area contributed by atoms with Crippen LogP contribution in [0.5, 0.6) is 11.5 Å². The lowest BCUT2D eigenvalue weighted by atomic mass is 9.75. The predicted octanol–water partition coefficient (Wildman–Crippen LogP) is 17.2. The molecular weight excluding hydrogens is 891 g/mol. The summed E-state index contributed by atoms with van der Waals surface area (Å²) in [6.45, 7) is 10.8. The number of nitrogens with one attached hydrogen (secondary N) is 1. The first-order valence-corrected chi connectivity index (χ1v) is 24.5. The highest BCUT2D eigenvalue weighted by Gasteiger charge is 2.37. The molecule has 2 heterocycles. The van der Waals surface area contributed by atoms with Gasteiger partial charge in [0.15, 0.2) is 5.84 Å². The van der Waals surface area contributed by atoms with Crippen molar-refractivity contribution in [2.45, 2.75) is 12.3 Å². The second-order valence-electron chi connectivity index (χ2n) is 18.3. The molecule has 1 N–H and O–H groups in total. The Labute approximate surface area is 427 Å². The Hall–Kier alpha value is -9.52. The number of hydrogen-bond donors (Lipinski definition) is 1. The van der Waals surface area contributed by atoms with Gasteiger partial charge >= 0.3 is 0 Å². The number of likely N-dealkylation sites (N-methyl/N-ethyl adjacent to an activating group) is 1. The van der Waals surface area contributed by atoms with Crippen molar-refractivity contribution in [1.29, 1.82) is 5.41 Å². The predicted molar refractivity (Wildman–Crippen MR) is 305 cm³/mol. The highest BCUT2D eigenvalue weighted by molar-refractivity contribution is 6.14. The molecule has 11 rings (SSSR count). The van der Waals surface area contributed by atoms with E-state index < -0.39 is 5.41 Å². The van der Waals surface area contributed by atoms with Crippen LogP contribution in [-0.4, -0.2) is 28.2 Å². The van der Waals surface area contributed by atoms with Gasteiger partial charge in [0.05, 0.1) is 16.4 Å². The smallest absolute Gasteiger partial charge is 0.154 e. The van der Waals surface area contributed by atoms with Gasteiger partial charge in [-0.1, -0.05) is 177 Å². The molecule has 10 aromatic rings. The lowest BCUT2D eigenvalue weighted by Gasteiger charge is -2.38. The number of para-hydroxylation sites is 3. The molecule has 0 saturated carbocycles. The Kier molecular flexibility index (Phi) is 12.4. The molecule has 6 heteroatoms. The summed E-state index contributed by atoms with van der Waals surface area (Å²) in [4.78, 5) is 9.76. The maximum atomic E-state index is 9.75.